The van der Waals surface area contributed by atoms with Gasteiger partial charge in [0.25, 0.3) is 0 Å². The lowest BCUT2D eigenvalue weighted by Crippen LogP contribution is -1.83. The van der Waals surface area contributed by atoms with E-state index in [2.05, 4.69) is 49.7 Å². The lowest BCUT2D eigenvalue weighted by atomic mass is 9.98. The van der Waals surface area contributed by atoms with Crippen molar-refractivity contribution < 1.29 is 0 Å². The monoisotopic (exact) mass is 226 g/mol. The van der Waals surface area contributed by atoms with Gasteiger partial charge in [-0.3, -0.25) is 0 Å². The van der Waals surface area contributed by atoms with Gasteiger partial charge in [0.1, 0.15) is 0 Å². The summed E-state index contributed by atoms with van der Waals surface area (Å²) >= 11 is 1.71. The Labute approximate surface area is 101 Å². The summed E-state index contributed by atoms with van der Waals surface area (Å²) < 4.78 is 0. The van der Waals surface area contributed by atoms with E-state index in [1.165, 1.54) is 27.1 Å². The van der Waals surface area contributed by atoms with Crippen LogP contribution in [0, 0.1) is 6.92 Å². The molecule has 0 amide bonds. The predicted octanol–water partition coefficient (Wildman–Crippen LogP) is 5.01. The van der Waals surface area contributed by atoms with E-state index in [-0.39, 0.29) is 0 Å². The maximum absolute atomic E-state index is 3.89. The average Bonchev–Trinajstić information content (AvgIpc) is 2.72. The smallest absolute Gasteiger partial charge is 0.0343 e. The fourth-order valence-corrected chi connectivity index (χ4v) is 2.75. The largest absolute Gasteiger partial charge is 0.143 e. The van der Waals surface area contributed by atoms with Crippen molar-refractivity contribution in [2.24, 2.45) is 0 Å². The molecule has 16 heavy (non-hydrogen) atoms. The van der Waals surface area contributed by atoms with E-state index in [4.69, 9.17) is 0 Å². The Kier molecular flexibility index (Phi) is 3.07. The molecule has 0 nitrogen and oxygen atoms in total. The first kappa shape index (κ1) is 10.9. The molecular formula is C15H14S. The molecular weight excluding hydrogens is 212 g/mol. The Morgan fingerprint density at radius 3 is 2.44 bits per heavy atom. The summed E-state index contributed by atoms with van der Waals surface area (Å²) in [6.07, 6.45) is 3.80. The van der Waals surface area contributed by atoms with Crippen LogP contribution in [0.1, 0.15) is 16.0 Å². The van der Waals surface area contributed by atoms with Crippen LogP contribution in [-0.2, 0) is 0 Å². The molecule has 1 heterocycles. The van der Waals surface area contributed by atoms with Gasteiger partial charge in [-0.1, -0.05) is 49.6 Å². The number of aryl methyl sites for hydroxylation is 1. The van der Waals surface area contributed by atoms with Crippen molar-refractivity contribution in [3.8, 4) is 11.1 Å². The predicted molar refractivity (Wildman–Crippen MR) is 74.7 cm³/mol. The van der Waals surface area contributed by atoms with Crippen molar-refractivity contribution in [2.75, 3.05) is 0 Å². The molecule has 0 aliphatic heterocycles. The van der Waals surface area contributed by atoms with Gasteiger partial charge in [-0.15, -0.1) is 11.3 Å². The topological polar surface area (TPSA) is 0 Å². The van der Waals surface area contributed by atoms with Gasteiger partial charge in [0.2, 0.25) is 0 Å². The van der Waals surface area contributed by atoms with Gasteiger partial charge in [-0.2, -0.15) is 0 Å². The van der Waals surface area contributed by atoms with Crippen molar-refractivity contribution >= 4 is 23.5 Å². The molecule has 0 aliphatic rings. The molecule has 2 rings (SSSR count). The Balaban J connectivity index is 2.65. The first-order chi connectivity index (χ1) is 7.77. The molecule has 0 aliphatic carbocycles. The zero-order chi connectivity index (χ0) is 11.5. The molecule has 0 N–H and O–H groups in total. The van der Waals surface area contributed by atoms with Crippen LogP contribution < -0.4 is 0 Å². The van der Waals surface area contributed by atoms with Gasteiger partial charge in [0.15, 0.2) is 0 Å². The van der Waals surface area contributed by atoms with Crippen LogP contribution in [0.4, 0.5) is 0 Å². The van der Waals surface area contributed by atoms with Crippen molar-refractivity contribution in [3.05, 3.63) is 58.8 Å². The minimum absolute atomic E-state index is 1.19. The molecule has 0 fully saturated rings. The number of hydrogen-bond donors (Lipinski definition) is 0. The van der Waals surface area contributed by atoms with Crippen LogP contribution in [0.15, 0.2) is 42.8 Å². The van der Waals surface area contributed by atoms with E-state index in [0.29, 0.717) is 0 Å². The van der Waals surface area contributed by atoms with Gasteiger partial charge in [0.05, 0.1) is 0 Å². The second-order valence-corrected chi connectivity index (χ2v) is 4.56. The van der Waals surface area contributed by atoms with E-state index in [1.54, 1.807) is 11.3 Å². The Bertz CT molecular complexity index is 532. The third-order valence-corrected chi connectivity index (χ3v) is 3.68. The van der Waals surface area contributed by atoms with Crippen molar-refractivity contribution in [2.45, 2.75) is 6.92 Å². The van der Waals surface area contributed by atoms with Crippen LogP contribution in [0.25, 0.3) is 23.3 Å². The Morgan fingerprint density at radius 1 is 1.06 bits per heavy atom. The average molecular weight is 226 g/mol. The summed E-state index contributed by atoms with van der Waals surface area (Å²) in [5, 5.41) is 2.18. The molecule has 2 aromatic rings. The number of hydrogen-bond acceptors (Lipinski definition) is 1. The van der Waals surface area contributed by atoms with Crippen LogP contribution >= 0.6 is 11.3 Å². The fourth-order valence-electron chi connectivity index (χ4n) is 1.83. The van der Waals surface area contributed by atoms with Crippen molar-refractivity contribution in [3.63, 3.8) is 0 Å². The highest BCUT2D eigenvalue weighted by atomic mass is 32.1. The first-order valence-electron chi connectivity index (χ1n) is 5.20. The van der Waals surface area contributed by atoms with Gasteiger partial charge in [-0.25, -0.2) is 0 Å². The maximum atomic E-state index is 3.89. The van der Waals surface area contributed by atoms with Crippen LogP contribution in [0.3, 0.4) is 0 Å². The minimum Gasteiger partial charge on any atom is -0.143 e. The van der Waals surface area contributed by atoms with Crippen molar-refractivity contribution in [1.29, 1.82) is 0 Å². The summed E-state index contributed by atoms with van der Waals surface area (Å²) in [6.45, 7) is 9.85. The van der Waals surface area contributed by atoms with Gasteiger partial charge in [0, 0.05) is 10.4 Å². The second kappa shape index (κ2) is 4.50. The summed E-state index contributed by atoms with van der Waals surface area (Å²) in [5.74, 6) is 0. The molecule has 1 heteroatoms. The summed E-state index contributed by atoms with van der Waals surface area (Å²) in [4.78, 5) is 1.19. The molecule has 1 aromatic carbocycles. The standard InChI is InChI=1S/C15H14S/c1-4-12-14(10-16-15(12)5-2)13-9-7-6-8-11(13)3/h4-10H,1-2H2,3H3. The van der Waals surface area contributed by atoms with E-state index in [1.807, 2.05) is 12.2 Å². The van der Waals surface area contributed by atoms with Crippen molar-refractivity contribution in [1.82, 2.24) is 0 Å². The number of benzene rings is 1. The van der Waals surface area contributed by atoms with Gasteiger partial charge >= 0.3 is 0 Å². The van der Waals surface area contributed by atoms with Crippen LogP contribution in [0.2, 0.25) is 0 Å². The molecule has 1 aromatic heterocycles. The number of rotatable bonds is 3. The quantitative estimate of drug-likeness (QED) is 0.690. The highest BCUT2D eigenvalue weighted by Crippen LogP contribution is 2.34. The Hall–Kier alpha value is -1.60. The third-order valence-electron chi connectivity index (χ3n) is 2.68. The summed E-state index contributed by atoms with van der Waals surface area (Å²) in [6, 6.07) is 8.42. The van der Waals surface area contributed by atoms with Gasteiger partial charge < -0.3 is 0 Å². The molecule has 0 unspecified atom stereocenters. The van der Waals surface area contributed by atoms with Crippen LogP contribution in [0.5, 0.6) is 0 Å². The molecule has 0 atom stereocenters. The third kappa shape index (κ3) is 1.74. The molecule has 0 bridgehead atoms. The summed E-state index contributed by atoms with van der Waals surface area (Å²) in [5.41, 5.74) is 5.02. The van der Waals surface area contributed by atoms with E-state index < -0.39 is 0 Å². The van der Waals surface area contributed by atoms with E-state index >= 15 is 0 Å². The molecule has 0 saturated carbocycles. The lowest BCUT2D eigenvalue weighted by molar-refractivity contribution is 1.46. The lowest BCUT2D eigenvalue weighted by Gasteiger charge is -2.05. The number of thiophene rings is 1. The minimum atomic E-state index is 1.19. The second-order valence-electron chi connectivity index (χ2n) is 3.65. The van der Waals surface area contributed by atoms with Gasteiger partial charge in [-0.05, 0) is 29.0 Å². The van der Waals surface area contributed by atoms with E-state index in [0.717, 1.165) is 0 Å². The zero-order valence-electron chi connectivity index (χ0n) is 9.36. The summed E-state index contributed by atoms with van der Waals surface area (Å²) in [7, 11) is 0. The molecule has 0 spiro atoms. The van der Waals surface area contributed by atoms with Crippen LogP contribution in [-0.4, -0.2) is 0 Å². The highest BCUT2D eigenvalue weighted by molar-refractivity contribution is 7.11. The first-order valence-corrected chi connectivity index (χ1v) is 6.08. The maximum Gasteiger partial charge on any atom is 0.0343 e. The highest BCUT2D eigenvalue weighted by Gasteiger charge is 2.09. The SMILES string of the molecule is C=Cc1scc(-c2ccccc2C)c1C=C. The molecule has 0 saturated heterocycles. The van der Waals surface area contributed by atoms with E-state index in [9.17, 15) is 0 Å². The Morgan fingerprint density at radius 2 is 1.81 bits per heavy atom. The normalized spacial score (nSPS) is 10.1. The molecule has 0 radical (unpaired) electrons. The zero-order valence-corrected chi connectivity index (χ0v) is 10.2. The molecule has 80 valence electrons. The fraction of sp³-hybridized carbons (Fsp3) is 0.0667.